The molecule has 0 saturated heterocycles. The van der Waals surface area contributed by atoms with Gasteiger partial charge in [0.05, 0.1) is 5.69 Å². The summed E-state index contributed by atoms with van der Waals surface area (Å²) in [4.78, 5) is 5.46. The average Bonchev–Trinajstić information content (AvgIpc) is 2.37. The van der Waals surface area contributed by atoms with E-state index in [4.69, 9.17) is 0 Å². The van der Waals surface area contributed by atoms with Crippen LogP contribution < -0.4 is 5.32 Å². The zero-order valence-electron chi connectivity index (χ0n) is 10.1. The topological polar surface area (TPSA) is 24.9 Å². The number of hydrogen-bond acceptors (Lipinski definition) is 3. The molecule has 0 radical (unpaired) electrons. The summed E-state index contributed by atoms with van der Waals surface area (Å²) in [6, 6.07) is 10.7. The second-order valence-electron chi connectivity index (χ2n) is 3.95. The molecule has 1 heterocycles. The van der Waals surface area contributed by atoms with E-state index in [9.17, 15) is 0 Å². The SMILES string of the molecule is CSc1ccc(CNc2cncc(C)c2)cc1. The maximum absolute atomic E-state index is 4.16. The fraction of sp³-hybridized carbons (Fsp3) is 0.214. The standard InChI is InChI=1S/C14H16N2S/c1-11-7-13(10-15-8-11)16-9-12-3-5-14(17-2)6-4-12/h3-8,10,16H,9H2,1-2H3. The van der Waals surface area contributed by atoms with E-state index in [1.807, 2.05) is 19.3 Å². The molecule has 0 aliphatic rings. The minimum Gasteiger partial charge on any atom is -0.380 e. The molecular formula is C14H16N2S. The molecule has 3 heteroatoms. The largest absolute Gasteiger partial charge is 0.380 e. The van der Waals surface area contributed by atoms with E-state index in [1.54, 1.807) is 11.8 Å². The van der Waals surface area contributed by atoms with Crippen molar-refractivity contribution in [2.24, 2.45) is 0 Å². The molecule has 0 spiro atoms. The van der Waals surface area contributed by atoms with Crippen LogP contribution in [0.25, 0.3) is 0 Å². The van der Waals surface area contributed by atoms with Gasteiger partial charge in [-0.3, -0.25) is 4.98 Å². The molecule has 0 saturated carbocycles. The summed E-state index contributed by atoms with van der Waals surface area (Å²) in [5, 5.41) is 3.37. The Morgan fingerprint density at radius 2 is 1.94 bits per heavy atom. The van der Waals surface area contributed by atoms with Crippen LogP contribution in [0.3, 0.4) is 0 Å². The van der Waals surface area contributed by atoms with Crippen LogP contribution in [0.15, 0.2) is 47.6 Å². The van der Waals surface area contributed by atoms with E-state index in [0.717, 1.165) is 12.2 Å². The van der Waals surface area contributed by atoms with Crippen molar-refractivity contribution >= 4 is 17.4 Å². The molecule has 17 heavy (non-hydrogen) atoms. The van der Waals surface area contributed by atoms with Gasteiger partial charge in [0.2, 0.25) is 0 Å². The minimum absolute atomic E-state index is 0.833. The van der Waals surface area contributed by atoms with Crippen LogP contribution in [0.5, 0.6) is 0 Å². The lowest BCUT2D eigenvalue weighted by Gasteiger charge is -2.07. The van der Waals surface area contributed by atoms with Gasteiger partial charge in [-0.2, -0.15) is 0 Å². The van der Waals surface area contributed by atoms with Gasteiger partial charge in [0.25, 0.3) is 0 Å². The lowest BCUT2D eigenvalue weighted by molar-refractivity contribution is 1.12. The fourth-order valence-corrected chi connectivity index (χ4v) is 2.01. The fourth-order valence-electron chi connectivity index (χ4n) is 1.60. The normalized spacial score (nSPS) is 10.2. The lowest BCUT2D eigenvalue weighted by atomic mass is 10.2. The molecule has 0 amide bonds. The number of hydrogen-bond donors (Lipinski definition) is 1. The Morgan fingerprint density at radius 3 is 2.59 bits per heavy atom. The van der Waals surface area contributed by atoms with Gasteiger partial charge in [-0.1, -0.05) is 12.1 Å². The highest BCUT2D eigenvalue weighted by atomic mass is 32.2. The zero-order chi connectivity index (χ0) is 12.1. The van der Waals surface area contributed by atoms with Gasteiger partial charge in [-0.25, -0.2) is 0 Å². The highest BCUT2D eigenvalue weighted by Crippen LogP contribution is 2.16. The molecule has 0 unspecified atom stereocenters. The summed E-state index contributed by atoms with van der Waals surface area (Å²) >= 11 is 1.76. The Labute approximate surface area is 106 Å². The number of thioether (sulfide) groups is 1. The Balaban J connectivity index is 1.97. The van der Waals surface area contributed by atoms with E-state index in [0.29, 0.717) is 0 Å². The quantitative estimate of drug-likeness (QED) is 0.830. The molecule has 2 rings (SSSR count). The smallest absolute Gasteiger partial charge is 0.0532 e. The van der Waals surface area contributed by atoms with Crippen LogP contribution in [0.1, 0.15) is 11.1 Å². The third-order valence-electron chi connectivity index (χ3n) is 2.53. The summed E-state index contributed by atoms with van der Waals surface area (Å²) in [5.74, 6) is 0. The number of benzene rings is 1. The summed E-state index contributed by atoms with van der Waals surface area (Å²) in [7, 11) is 0. The van der Waals surface area contributed by atoms with Crippen LogP contribution in [0, 0.1) is 6.92 Å². The van der Waals surface area contributed by atoms with E-state index >= 15 is 0 Å². The third-order valence-corrected chi connectivity index (χ3v) is 3.27. The van der Waals surface area contributed by atoms with Crippen molar-refractivity contribution in [1.82, 2.24) is 4.98 Å². The maximum atomic E-state index is 4.16. The van der Waals surface area contributed by atoms with E-state index in [2.05, 4.69) is 46.9 Å². The van der Waals surface area contributed by atoms with Gasteiger partial charge < -0.3 is 5.32 Å². The van der Waals surface area contributed by atoms with Crippen molar-refractivity contribution in [3.05, 3.63) is 53.9 Å². The molecule has 2 aromatic rings. The van der Waals surface area contributed by atoms with E-state index in [-0.39, 0.29) is 0 Å². The van der Waals surface area contributed by atoms with Crippen molar-refractivity contribution in [3.63, 3.8) is 0 Å². The van der Waals surface area contributed by atoms with Crippen molar-refractivity contribution < 1.29 is 0 Å². The molecule has 1 N–H and O–H groups in total. The molecule has 0 aliphatic carbocycles. The predicted molar refractivity (Wildman–Crippen MR) is 74.5 cm³/mol. The minimum atomic E-state index is 0.833. The summed E-state index contributed by atoms with van der Waals surface area (Å²) in [6.45, 7) is 2.88. The molecule has 2 nitrogen and oxygen atoms in total. The van der Waals surface area contributed by atoms with Gasteiger partial charge in [0, 0.05) is 23.8 Å². The number of rotatable bonds is 4. The second-order valence-corrected chi connectivity index (χ2v) is 4.83. The van der Waals surface area contributed by atoms with Gasteiger partial charge in [-0.05, 0) is 42.5 Å². The third kappa shape index (κ3) is 3.49. The molecule has 88 valence electrons. The monoisotopic (exact) mass is 244 g/mol. The molecule has 0 fully saturated rings. The van der Waals surface area contributed by atoms with Crippen LogP contribution in [-0.4, -0.2) is 11.2 Å². The molecule has 1 aromatic carbocycles. The van der Waals surface area contributed by atoms with Crippen molar-refractivity contribution in [2.75, 3.05) is 11.6 Å². The zero-order valence-corrected chi connectivity index (χ0v) is 10.9. The number of pyridine rings is 1. The van der Waals surface area contributed by atoms with Crippen LogP contribution in [-0.2, 0) is 6.54 Å². The Kier molecular flexibility index (Phi) is 4.04. The Bertz CT molecular complexity index is 480. The van der Waals surface area contributed by atoms with Crippen LogP contribution in [0.4, 0.5) is 5.69 Å². The van der Waals surface area contributed by atoms with Crippen molar-refractivity contribution in [1.29, 1.82) is 0 Å². The van der Waals surface area contributed by atoms with E-state index in [1.165, 1.54) is 16.0 Å². The van der Waals surface area contributed by atoms with Gasteiger partial charge >= 0.3 is 0 Å². The number of aryl methyl sites for hydroxylation is 1. The van der Waals surface area contributed by atoms with Gasteiger partial charge in [0.1, 0.15) is 0 Å². The van der Waals surface area contributed by atoms with Gasteiger partial charge in [-0.15, -0.1) is 11.8 Å². The lowest BCUT2D eigenvalue weighted by Crippen LogP contribution is -1.99. The first kappa shape index (κ1) is 12.0. The first-order valence-electron chi connectivity index (χ1n) is 5.56. The van der Waals surface area contributed by atoms with Gasteiger partial charge in [0.15, 0.2) is 0 Å². The summed E-state index contributed by atoms with van der Waals surface area (Å²) in [6.07, 6.45) is 5.80. The summed E-state index contributed by atoms with van der Waals surface area (Å²) in [5.41, 5.74) is 3.52. The number of aromatic nitrogens is 1. The Morgan fingerprint density at radius 1 is 1.18 bits per heavy atom. The predicted octanol–water partition coefficient (Wildman–Crippen LogP) is 3.72. The Hall–Kier alpha value is -1.48. The van der Waals surface area contributed by atoms with Crippen molar-refractivity contribution in [2.45, 2.75) is 18.4 Å². The van der Waals surface area contributed by atoms with Crippen LogP contribution >= 0.6 is 11.8 Å². The van der Waals surface area contributed by atoms with Crippen molar-refractivity contribution in [3.8, 4) is 0 Å². The second kappa shape index (κ2) is 5.73. The molecule has 0 bridgehead atoms. The molecule has 0 atom stereocenters. The molecular weight excluding hydrogens is 228 g/mol. The summed E-state index contributed by atoms with van der Waals surface area (Å²) < 4.78 is 0. The highest BCUT2D eigenvalue weighted by molar-refractivity contribution is 7.98. The number of nitrogens with one attached hydrogen (secondary N) is 1. The first-order valence-corrected chi connectivity index (χ1v) is 6.79. The number of nitrogens with zero attached hydrogens (tertiary/aromatic N) is 1. The maximum Gasteiger partial charge on any atom is 0.0532 e. The first-order chi connectivity index (χ1) is 8.28. The average molecular weight is 244 g/mol. The highest BCUT2D eigenvalue weighted by Gasteiger charge is 1.96. The number of anilines is 1. The molecule has 0 aliphatic heterocycles. The molecule has 1 aromatic heterocycles. The van der Waals surface area contributed by atoms with E-state index < -0.39 is 0 Å². The van der Waals surface area contributed by atoms with Crippen LogP contribution in [0.2, 0.25) is 0 Å².